The smallest absolute Gasteiger partial charge is 0.142 e. The monoisotopic (exact) mass is 350 g/mol. The number of hydrogen-bond acceptors (Lipinski definition) is 6. The number of ether oxygens (including phenoxy) is 2. The molecule has 0 fully saturated rings. The number of nitrogens with one attached hydrogen (secondary N) is 1. The number of rotatable bonds is 7. The third-order valence-corrected chi connectivity index (χ3v) is 3.98. The van der Waals surface area contributed by atoms with Gasteiger partial charge < -0.3 is 19.7 Å². The van der Waals surface area contributed by atoms with E-state index in [1.165, 1.54) is 5.56 Å². The molecule has 1 aromatic heterocycles. The molecule has 26 heavy (non-hydrogen) atoms. The number of anilines is 3. The Bertz CT molecular complexity index is 855. The van der Waals surface area contributed by atoms with Crippen molar-refractivity contribution in [1.29, 1.82) is 0 Å². The highest BCUT2D eigenvalue weighted by atomic mass is 16.5. The lowest BCUT2D eigenvalue weighted by Crippen LogP contribution is -2.17. The first-order valence-corrected chi connectivity index (χ1v) is 8.26. The summed E-state index contributed by atoms with van der Waals surface area (Å²) in [6.45, 7) is 0.764. The lowest BCUT2D eigenvalue weighted by molar-refractivity contribution is 0.405. The number of hydrogen-bond donors (Lipinski definition) is 1. The molecule has 0 bridgehead atoms. The van der Waals surface area contributed by atoms with Crippen LogP contribution >= 0.6 is 0 Å². The second-order valence-corrected chi connectivity index (χ2v) is 5.79. The molecular formula is C20H22N4O2. The molecule has 6 heteroatoms. The Morgan fingerprint density at radius 1 is 0.962 bits per heavy atom. The average molecular weight is 350 g/mol. The maximum absolute atomic E-state index is 5.40. The summed E-state index contributed by atoms with van der Waals surface area (Å²) in [6, 6.07) is 17.7. The van der Waals surface area contributed by atoms with Crippen molar-refractivity contribution in [1.82, 2.24) is 9.97 Å². The largest absolute Gasteiger partial charge is 0.497 e. The van der Waals surface area contributed by atoms with Gasteiger partial charge in [-0.2, -0.15) is 0 Å². The van der Waals surface area contributed by atoms with Crippen LogP contribution in [0, 0.1) is 0 Å². The van der Waals surface area contributed by atoms with Crippen LogP contribution < -0.4 is 19.7 Å². The molecule has 2 aromatic carbocycles. The van der Waals surface area contributed by atoms with Gasteiger partial charge in [-0.3, -0.25) is 0 Å². The summed E-state index contributed by atoms with van der Waals surface area (Å²) in [7, 11) is 5.27. The van der Waals surface area contributed by atoms with Crippen LogP contribution in [0.3, 0.4) is 0 Å². The van der Waals surface area contributed by atoms with E-state index in [1.807, 2.05) is 49.5 Å². The third kappa shape index (κ3) is 4.22. The molecule has 3 aromatic rings. The zero-order chi connectivity index (χ0) is 18.4. The van der Waals surface area contributed by atoms with Crippen molar-refractivity contribution in [2.24, 2.45) is 0 Å². The fourth-order valence-corrected chi connectivity index (χ4v) is 2.61. The maximum atomic E-state index is 5.40. The molecule has 134 valence electrons. The van der Waals surface area contributed by atoms with Gasteiger partial charge >= 0.3 is 0 Å². The second kappa shape index (κ2) is 8.20. The van der Waals surface area contributed by atoms with E-state index in [0.29, 0.717) is 11.6 Å². The van der Waals surface area contributed by atoms with E-state index < -0.39 is 0 Å². The van der Waals surface area contributed by atoms with Crippen molar-refractivity contribution in [2.45, 2.75) is 6.54 Å². The van der Waals surface area contributed by atoms with E-state index in [2.05, 4.69) is 32.3 Å². The van der Waals surface area contributed by atoms with Gasteiger partial charge in [0.1, 0.15) is 29.5 Å². The van der Waals surface area contributed by atoms with Gasteiger partial charge in [0.2, 0.25) is 0 Å². The van der Waals surface area contributed by atoms with Crippen LogP contribution in [0.5, 0.6) is 11.5 Å². The summed E-state index contributed by atoms with van der Waals surface area (Å²) in [4.78, 5) is 10.8. The quantitative estimate of drug-likeness (QED) is 0.698. The molecule has 0 saturated carbocycles. The van der Waals surface area contributed by atoms with Crippen molar-refractivity contribution in [2.75, 3.05) is 31.5 Å². The minimum atomic E-state index is 0.682. The molecule has 0 atom stereocenters. The van der Waals surface area contributed by atoms with Gasteiger partial charge in [-0.15, -0.1) is 0 Å². The number of nitrogens with zero attached hydrogens (tertiary/aromatic N) is 3. The summed E-state index contributed by atoms with van der Waals surface area (Å²) >= 11 is 0. The van der Waals surface area contributed by atoms with Gasteiger partial charge in [-0.1, -0.05) is 30.3 Å². The molecule has 0 aliphatic rings. The predicted octanol–water partition coefficient (Wildman–Crippen LogP) is 3.87. The Labute approximate surface area is 153 Å². The summed E-state index contributed by atoms with van der Waals surface area (Å²) in [5.41, 5.74) is 2.00. The minimum Gasteiger partial charge on any atom is -0.497 e. The van der Waals surface area contributed by atoms with Crippen LogP contribution in [-0.2, 0) is 6.54 Å². The molecule has 0 aliphatic carbocycles. The maximum Gasteiger partial charge on any atom is 0.142 e. The first-order chi connectivity index (χ1) is 12.7. The molecule has 0 unspecified atom stereocenters. The molecule has 0 saturated heterocycles. The zero-order valence-electron chi connectivity index (χ0n) is 15.1. The molecule has 0 aliphatic heterocycles. The molecule has 0 amide bonds. The molecule has 1 heterocycles. The van der Waals surface area contributed by atoms with Crippen molar-refractivity contribution in [3.63, 3.8) is 0 Å². The summed E-state index contributed by atoms with van der Waals surface area (Å²) in [6.07, 6.45) is 1.55. The van der Waals surface area contributed by atoms with Crippen LogP contribution in [-0.4, -0.2) is 31.2 Å². The van der Waals surface area contributed by atoms with E-state index >= 15 is 0 Å². The van der Waals surface area contributed by atoms with E-state index in [1.54, 1.807) is 20.5 Å². The van der Waals surface area contributed by atoms with Crippen LogP contribution in [0.25, 0.3) is 0 Å². The fourth-order valence-electron chi connectivity index (χ4n) is 2.61. The average Bonchev–Trinajstić information content (AvgIpc) is 2.69. The SMILES string of the molecule is COc1ccc(OC)c(Nc2cc(N(C)Cc3ccccc3)ncn2)c1. The molecule has 0 radical (unpaired) electrons. The molecule has 3 rings (SSSR count). The topological polar surface area (TPSA) is 59.5 Å². The Morgan fingerprint density at radius 3 is 2.50 bits per heavy atom. The summed E-state index contributed by atoms with van der Waals surface area (Å²) in [5, 5.41) is 3.27. The third-order valence-electron chi connectivity index (χ3n) is 3.98. The molecule has 0 spiro atoms. The van der Waals surface area contributed by atoms with E-state index in [9.17, 15) is 0 Å². The van der Waals surface area contributed by atoms with E-state index in [0.717, 1.165) is 23.8 Å². The van der Waals surface area contributed by atoms with Crippen molar-refractivity contribution in [3.05, 3.63) is 66.5 Å². The van der Waals surface area contributed by atoms with Gasteiger partial charge in [0, 0.05) is 25.7 Å². The Balaban J connectivity index is 1.79. The standard InChI is InChI=1S/C20H22N4O2/c1-24(13-15-7-5-4-6-8-15)20-12-19(21-14-22-20)23-17-11-16(25-2)9-10-18(17)26-3/h4-12,14H,13H2,1-3H3,(H,21,22,23). The second-order valence-electron chi connectivity index (χ2n) is 5.79. The van der Waals surface area contributed by atoms with Crippen LogP contribution in [0.4, 0.5) is 17.3 Å². The Morgan fingerprint density at radius 2 is 1.77 bits per heavy atom. The highest BCUT2D eigenvalue weighted by Crippen LogP contribution is 2.31. The first kappa shape index (κ1) is 17.5. The van der Waals surface area contributed by atoms with Crippen LogP contribution in [0.2, 0.25) is 0 Å². The molecule has 1 N–H and O–H groups in total. The summed E-state index contributed by atoms with van der Waals surface area (Å²) < 4.78 is 10.7. The lowest BCUT2D eigenvalue weighted by atomic mass is 10.2. The fraction of sp³-hybridized carbons (Fsp3) is 0.200. The first-order valence-electron chi connectivity index (χ1n) is 8.26. The van der Waals surface area contributed by atoms with Crippen LogP contribution in [0.15, 0.2) is 60.9 Å². The van der Waals surface area contributed by atoms with Crippen LogP contribution in [0.1, 0.15) is 5.56 Å². The predicted molar refractivity (Wildman–Crippen MR) is 103 cm³/mol. The highest BCUT2D eigenvalue weighted by molar-refractivity contribution is 5.67. The van der Waals surface area contributed by atoms with Gasteiger partial charge in [0.05, 0.1) is 19.9 Å². The number of benzene rings is 2. The van der Waals surface area contributed by atoms with E-state index in [-0.39, 0.29) is 0 Å². The zero-order valence-corrected chi connectivity index (χ0v) is 15.1. The van der Waals surface area contributed by atoms with Crippen molar-refractivity contribution >= 4 is 17.3 Å². The van der Waals surface area contributed by atoms with Crippen molar-refractivity contribution < 1.29 is 9.47 Å². The Hall–Kier alpha value is -3.28. The normalized spacial score (nSPS) is 10.3. The minimum absolute atomic E-state index is 0.682. The summed E-state index contributed by atoms with van der Waals surface area (Å²) in [5.74, 6) is 2.96. The van der Waals surface area contributed by atoms with Gasteiger partial charge in [-0.05, 0) is 17.7 Å². The van der Waals surface area contributed by atoms with Gasteiger partial charge in [0.25, 0.3) is 0 Å². The van der Waals surface area contributed by atoms with Gasteiger partial charge in [-0.25, -0.2) is 9.97 Å². The Kier molecular flexibility index (Phi) is 5.53. The number of methoxy groups -OCH3 is 2. The van der Waals surface area contributed by atoms with Gasteiger partial charge in [0.15, 0.2) is 0 Å². The highest BCUT2D eigenvalue weighted by Gasteiger charge is 2.09. The number of aromatic nitrogens is 2. The molecular weight excluding hydrogens is 328 g/mol. The molecule has 6 nitrogen and oxygen atoms in total. The van der Waals surface area contributed by atoms with Crippen molar-refractivity contribution in [3.8, 4) is 11.5 Å². The lowest BCUT2D eigenvalue weighted by Gasteiger charge is -2.19. The van der Waals surface area contributed by atoms with E-state index in [4.69, 9.17) is 9.47 Å².